The van der Waals surface area contributed by atoms with Gasteiger partial charge in [0, 0.05) is 55.3 Å². The molecule has 3 heterocycles. The van der Waals surface area contributed by atoms with Gasteiger partial charge in [-0.3, -0.25) is 9.20 Å². The third-order valence-electron chi connectivity index (χ3n) is 5.74. The first kappa shape index (κ1) is 20.0. The van der Waals surface area contributed by atoms with Crippen LogP contribution in [0.4, 0.5) is 10.1 Å². The van der Waals surface area contributed by atoms with E-state index in [1.54, 1.807) is 42.0 Å². The molecule has 0 atom stereocenters. The highest BCUT2D eigenvalue weighted by Crippen LogP contribution is 2.23. The summed E-state index contributed by atoms with van der Waals surface area (Å²) in [7, 11) is 1.66. The van der Waals surface area contributed by atoms with Crippen molar-refractivity contribution in [2.24, 2.45) is 0 Å². The van der Waals surface area contributed by atoms with Crippen LogP contribution in [-0.4, -0.2) is 58.7 Å². The summed E-state index contributed by atoms with van der Waals surface area (Å²) in [6, 6.07) is 17.6. The number of hydrogen-bond acceptors (Lipinski definition) is 5. The second-order valence-electron chi connectivity index (χ2n) is 7.65. The van der Waals surface area contributed by atoms with Gasteiger partial charge in [0.2, 0.25) is 0 Å². The number of methoxy groups -OCH3 is 1. The number of benzene rings is 2. The monoisotopic (exact) mass is 431 g/mol. The molecule has 2 aromatic heterocycles. The third kappa shape index (κ3) is 3.75. The predicted octanol–water partition coefficient (Wildman–Crippen LogP) is 3.51. The Kier molecular flexibility index (Phi) is 5.18. The molecular weight excluding hydrogens is 409 g/mol. The molecule has 0 N–H and O–H groups in total. The number of pyridine rings is 1. The summed E-state index contributed by atoms with van der Waals surface area (Å²) in [5.41, 5.74) is 3.00. The Hall–Kier alpha value is -3.94. The molecule has 0 spiro atoms. The first-order valence-electron chi connectivity index (χ1n) is 10.4. The highest BCUT2D eigenvalue weighted by atomic mass is 19.1. The van der Waals surface area contributed by atoms with Crippen LogP contribution >= 0.6 is 0 Å². The Morgan fingerprint density at radius 2 is 1.75 bits per heavy atom. The van der Waals surface area contributed by atoms with Gasteiger partial charge in [-0.2, -0.15) is 0 Å². The highest BCUT2D eigenvalue weighted by Gasteiger charge is 2.23. The van der Waals surface area contributed by atoms with Crippen LogP contribution in [-0.2, 0) is 0 Å². The van der Waals surface area contributed by atoms with Gasteiger partial charge in [0.15, 0.2) is 11.5 Å². The molecule has 4 aromatic rings. The van der Waals surface area contributed by atoms with E-state index in [-0.39, 0.29) is 11.7 Å². The van der Waals surface area contributed by atoms with E-state index in [1.807, 2.05) is 23.1 Å². The van der Waals surface area contributed by atoms with E-state index in [0.29, 0.717) is 30.1 Å². The van der Waals surface area contributed by atoms with Crippen LogP contribution in [0.25, 0.3) is 17.0 Å². The van der Waals surface area contributed by atoms with Crippen LogP contribution in [0, 0.1) is 5.82 Å². The molecule has 32 heavy (non-hydrogen) atoms. The minimum Gasteiger partial charge on any atom is -0.497 e. The average Bonchev–Trinajstić information content (AvgIpc) is 3.27. The summed E-state index contributed by atoms with van der Waals surface area (Å²) in [5, 5.41) is 8.42. The third-order valence-corrected chi connectivity index (χ3v) is 5.74. The van der Waals surface area contributed by atoms with E-state index < -0.39 is 0 Å². The van der Waals surface area contributed by atoms with E-state index in [2.05, 4.69) is 21.2 Å². The highest BCUT2D eigenvalue weighted by molar-refractivity contribution is 5.95. The molecule has 1 fully saturated rings. The number of piperazine rings is 1. The van der Waals surface area contributed by atoms with Gasteiger partial charge in [-0.1, -0.05) is 6.07 Å². The zero-order valence-corrected chi connectivity index (χ0v) is 17.6. The van der Waals surface area contributed by atoms with Gasteiger partial charge in [-0.15, -0.1) is 10.2 Å². The van der Waals surface area contributed by atoms with Crippen LogP contribution in [0.5, 0.6) is 5.75 Å². The number of amides is 1. The van der Waals surface area contributed by atoms with Crippen molar-refractivity contribution in [1.29, 1.82) is 0 Å². The Morgan fingerprint density at radius 3 is 2.50 bits per heavy atom. The maximum Gasteiger partial charge on any atom is 0.254 e. The first-order chi connectivity index (χ1) is 15.6. The SMILES string of the molecule is COc1cccc(N2CCN(C(=O)c3ccn4c(-c5ccc(F)cc5)nnc4c3)CC2)c1. The summed E-state index contributed by atoms with van der Waals surface area (Å²) < 4.78 is 20.3. The minimum absolute atomic E-state index is 0.0240. The van der Waals surface area contributed by atoms with Gasteiger partial charge in [-0.25, -0.2) is 4.39 Å². The number of halogens is 1. The van der Waals surface area contributed by atoms with Crippen molar-refractivity contribution < 1.29 is 13.9 Å². The number of carbonyl (C=O) groups is 1. The zero-order valence-electron chi connectivity index (χ0n) is 17.6. The normalized spacial score (nSPS) is 14.1. The lowest BCUT2D eigenvalue weighted by Gasteiger charge is -2.36. The van der Waals surface area contributed by atoms with Crippen LogP contribution in [0.15, 0.2) is 66.9 Å². The molecule has 1 aliphatic heterocycles. The lowest BCUT2D eigenvalue weighted by atomic mass is 10.2. The fraction of sp³-hybridized carbons (Fsp3) is 0.208. The van der Waals surface area contributed by atoms with Gasteiger partial charge in [0.1, 0.15) is 11.6 Å². The van der Waals surface area contributed by atoms with E-state index >= 15 is 0 Å². The number of ether oxygens (including phenoxy) is 1. The number of fused-ring (bicyclic) bond motifs is 1. The van der Waals surface area contributed by atoms with Crippen LogP contribution in [0.3, 0.4) is 0 Å². The predicted molar refractivity (Wildman–Crippen MR) is 119 cm³/mol. The van der Waals surface area contributed by atoms with Crippen molar-refractivity contribution >= 4 is 17.2 Å². The average molecular weight is 431 g/mol. The number of aromatic nitrogens is 3. The Labute approximate surface area is 184 Å². The fourth-order valence-electron chi connectivity index (χ4n) is 3.98. The molecule has 162 valence electrons. The van der Waals surface area contributed by atoms with Crippen molar-refractivity contribution in [3.8, 4) is 17.1 Å². The topological polar surface area (TPSA) is 63.0 Å². The second-order valence-corrected chi connectivity index (χ2v) is 7.65. The quantitative estimate of drug-likeness (QED) is 0.495. The van der Waals surface area contributed by atoms with Crippen LogP contribution < -0.4 is 9.64 Å². The number of rotatable bonds is 4. The van der Waals surface area contributed by atoms with Crippen LogP contribution in [0.1, 0.15) is 10.4 Å². The number of anilines is 1. The van der Waals surface area contributed by atoms with Gasteiger partial charge < -0.3 is 14.5 Å². The molecule has 1 saturated heterocycles. The van der Waals surface area contributed by atoms with Gasteiger partial charge in [0.05, 0.1) is 7.11 Å². The van der Waals surface area contributed by atoms with Crippen molar-refractivity contribution in [3.05, 3.63) is 78.2 Å². The number of nitrogens with zero attached hydrogens (tertiary/aromatic N) is 5. The first-order valence-corrected chi connectivity index (χ1v) is 10.4. The van der Waals surface area contributed by atoms with E-state index in [9.17, 15) is 9.18 Å². The summed E-state index contributed by atoms with van der Waals surface area (Å²) >= 11 is 0. The summed E-state index contributed by atoms with van der Waals surface area (Å²) in [6.45, 7) is 2.77. The Bertz CT molecular complexity index is 1260. The maximum absolute atomic E-state index is 13.2. The molecule has 0 unspecified atom stereocenters. The lowest BCUT2D eigenvalue weighted by Crippen LogP contribution is -2.48. The van der Waals surface area contributed by atoms with Crippen molar-refractivity contribution in [2.45, 2.75) is 0 Å². The molecule has 0 saturated carbocycles. The largest absolute Gasteiger partial charge is 0.497 e. The zero-order chi connectivity index (χ0) is 22.1. The molecule has 7 nitrogen and oxygen atoms in total. The van der Waals surface area contributed by atoms with Crippen molar-refractivity contribution in [2.75, 3.05) is 38.2 Å². The summed E-state index contributed by atoms with van der Waals surface area (Å²) in [5.74, 6) is 1.10. The Morgan fingerprint density at radius 1 is 0.969 bits per heavy atom. The molecule has 0 bridgehead atoms. The van der Waals surface area contributed by atoms with Gasteiger partial charge >= 0.3 is 0 Å². The molecule has 2 aromatic carbocycles. The standard InChI is InChI=1S/C24H22FN5O2/c1-32-21-4-2-3-20(16-21)28-11-13-29(14-12-28)24(31)18-9-10-30-22(15-18)26-27-23(30)17-5-7-19(25)8-6-17/h2-10,15-16H,11-14H2,1H3. The smallest absolute Gasteiger partial charge is 0.254 e. The van der Waals surface area contributed by atoms with Crippen molar-refractivity contribution in [1.82, 2.24) is 19.5 Å². The van der Waals surface area contributed by atoms with Crippen molar-refractivity contribution in [3.63, 3.8) is 0 Å². The summed E-state index contributed by atoms with van der Waals surface area (Å²) in [6.07, 6.45) is 1.79. The molecule has 1 aliphatic rings. The maximum atomic E-state index is 13.2. The molecule has 5 rings (SSSR count). The lowest BCUT2D eigenvalue weighted by molar-refractivity contribution is 0.0746. The van der Waals surface area contributed by atoms with E-state index in [0.717, 1.165) is 30.1 Å². The number of hydrogen-bond donors (Lipinski definition) is 0. The van der Waals surface area contributed by atoms with Crippen LogP contribution in [0.2, 0.25) is 0 Å². The van der Waals surface area contributed by atoms with E-state index in [1.165, 1.54) is 12.1 Å². The molecule has 8 heteroatoms. The molecule has 1 amide bonds. The molecule has 0 aliphatic carbocycles. The minimum atomic E-state index is -0.304. The summed E-state index contributed by atoms with van der Waals surface area (Å²) in [4.78, 5) is 17.2. The Balaban J connectivity index is 1.30. The van der Waals surface area contributed by atoms with E-state index in [4.69, 9.17) is 4.74 Å². The molecular formula is C24H22FN5O2. The van der Waals surface area contributed by atoms with Gasteiger partial charge in [0.25, 0.3) is 5.91 Å². The fourth-order valence-corrected chi connectivity index (χ4v) is 3.98. The number of carbonyl (C=O) groups excluding carboxylic acids is 1. The molecule has 0 radical (unpaired) electrons. The van der Waals surface area contributed by atoms with Gasteiger partial charge in [-0.05, 0) is 48.5 Å². The second kappa shape index (κ2) is 8.30.